The summed E-state index contributed by atoms with van der Waals surface area (Å²) in [6.45, 7) is 0. The quantitative estimate of drug-likeness (QED) is 0.257. The van der Waals surface area contributed by atoms with Crippen molar-refractivity contribution < 1.29 is 14.3 Å². The number of halogens is 1. The maximum absolute atomic E-state index is 14.8. The minimum Gasteiger partial charge on any atom is -0.497 e. The first-order chi connectivity index (χ1) is 20.0. The fourth-order valence-corrected chi connectivity index (χ4v) is 5.62. The van der Waals surface area contributed by atoms with Gasteiger partial charge in [-0.05, 0) is 84.0 Å². The van der Waals surface area contributed by atoms with E-state index in [0.29, 0.717) is 27.2 Å². The molecule has 0 bridgehead atoms. The summed E-state index contributed by atoms with van der Waals surface area (Å²) in [4.78, 5) is 18.4. The summed E-state index contributed by atoms with van der Waals surface area (Å²) in [5.74, 6) is 1.90. The third-order valence-electron chi connectivity index (χ3n) is 7.22. The second-order valence-electron chi connectivity index (χ2n) is 9.56. The maximum Gasteiger partial charge on any atom is 0.262 e. The number of hydrogen-bond acceptors (Lipinski definition) is 5. The lowest BCUT2D eigenvalue weighted by Gasteiger charge is -2.47. The van der Waals surface area contributed by atoms with Crippen LogP contribution in [-0.2, 0) is 4.79 Å². The number of anilines is 2. The lowest BCUT2D eigenvalue weighted by Crippen LogP contribution is -2.59. The van der Waals surface area contributed by atoms with E-state index >= 15 is 0 Å². The van der Waals surface area contributed by atoms with Gasteiger partial charge >= 0.3 is 0 Å². The number of nitrogens with one attached hydrogen (secondary N) is 2. The monoisotopic (exact) mass is 582 g/mol. The molecule has 41 heavy (non-hydrogen) atoms. The molecule has 2 atom stereocenters. The van der Waals surface area contributed by atoms with Crippen LogP contribution < -0.4 is 29.9 Å². The lowest BCUT2D eigenvalue weighted by atomic mass is 9.92. The highest BCUT2D eigenvalue weighted by atomic mass is 35.5. The first-order valence-corrected chi connectivity index (χ1v) is 13.8. The van der Waals surface area contributed by atoms with Crippen molar-refractivity contribution in [3.05, 3.63) is 131 Å². The maximum atomic E-state index is 14.8. The van der Waals surface area contributed by atoms with Gasteiger partial charge in [-0.2, -0.15) is 0 Å². The van der Waals surface area contributed by atoms with Gasteiger partial charge in [-0.25, -0.2) is 0 Å². The summed E-state index contributed by atoms with van der Waals surface area (Å²) >= 11 is 12.2. The van der Waals surface area contributed by atoms with Crippen LogP contribution in [0.15, 0.2) is 115 Å². The van der Waals surface area contributed by atoms with Gasteiger partial charge in [-0.3, -0.25) is 14.6 Å². The summed E-state index contributed by atoms with van der Waals surface area (Å²) in [5, 5.41) is 8.18. The number of benzene rings is 4. The molecule has 0 spiro atoms. The smallest absolute Gasteiger partial charge is 0.262 e. The van der Waals surface area contributed by atoms with Crippen molar-refractivity contribution >= 4 is 46.2 Å². The molecule has 0 saturated carbocycles. The molecular formula is C32H27ClN4O3S. The Morgan fingerprint density at radius 3 is 1.90 bits per heavy atom. The molecule has 1 amide bonds. The Hall–Kier alpha value is -4.53. The van der Waals surface area contributed by atoms with E-state index in [4.69, 9.17) is 33.3 Å². The Morgan fingerprint density at radius 1 is 0.732 bits per heavy atom. The van der Waals surface area contributed by atoms with Crippen LogP contribution in [-0.4, -0.2) is 25.2 Å². The van der Waals surface area contributed by atoms with Gasteiger partial charge in [0.05, 0.1) is 25.8 Å². The van der Waals surface area contributed by atoms with Gasteiger partial charge in [-0.15, -0.1) is 0 Å². The van der Waals surface area contributed by atoms with Crippen LogP contribution in [0, 0.1) is 0 Å². The largest absolute Gasteiger partial charge is 0.497 e. The highest BCUT2D eigenvalue weighted by Crippen LogP contribution is 2.41. The van der Waals surface area contributed by atoms with E-state index in [2.05, 4.69) is 10.6 Å². The molecule has 2 unspecified atom stereocenters. The van der Waals surface area contributed by atoms with Crippen LogP contribution in [0.1, 0.15) is 23.3 Å². The predicted octanol–water partition coefficient (Wildman–Crippen LogP) is 6.34. The van der Waals surface area contributed by atoms with Crippen LogP contribution in [0.5, 0.6) is 11.5 Å². The highest BCUT2D eigenvalue weighted by Gasteiger charge is 2.45. The van der Waals surface area contributed by atoms with Gasteiger partial charge in [0.1, 0.15) is 23.5 Å². The average molecular weight is 583 g/mol. The SMILES string of the molecule is COc1ccc(C2NC(=S)N(c3ccccc3)C3=C2C(=O)N(c2ccc(Cl)cc2)C(c2ccc(OC)cc2)N3)cc1. The number of ether oxygens (including phenoxy) is 2. The van der Waals surface area contributed by atoms with Crippen molar-refractivity contribution in [1.82, 2.24) is 10.6 Å². The number of methoxy groups -OCH3 is 2. The average Bonchev–Trinajstić information content (AvgIpc) is 3.01. The summed E-state index contributed by atoms with van der Waals surface area (Å²) in [5.41, 5.74) is 3.82. The number of rotatable bonds is 6. The van der Waals surface area contributed by atoms with Crippen molar-refractivity contribution in [2.24, 2.45) is 0 Å². The van der Waals surface area contributed by atoms with E-state index < -0.39 is 12.2 Å². The van der Waals surface area contributed by atoms with E-state index in [1.165, 1.54) is 0 Å². The van der Waals surface area contributed by atoms with Crippen molar-refractivity contribution in [2.75, 3.05) is 24.0 Å². The Balaban J connectivity index is 1.56. The third-order valence-corrected chi connectivity index (χ3v) is 7.77. The van der Waals surface area contributed by atoms with Crippen LogP contribution in [0.25, 0.3) is 0 Å². The van der Waals surface area contributed by atoms with E-state index in [1.807, 2.05) is 95.9 Å². The molecule has 9 heteroatoms. The molecule has 0 radical (unpaired) electrons. The molecule has 0 saturated heterocycles. The normalized spacial score (nSPS) is 18.4. The molecule has 2 aliphatic heterocycles. The molecule has 0 aromatic heterocycles. The first kappa shape index (κ1) is 26.7. The Morgan fingerprint density at radius 2 is 1.32 bits per heavy atom. The minimum atomic E-state index is -0.544. The lowest BCUT2D eigenvalue weighted by molar-refractivity contribution is -0.116. The fourth-order valence-electron chi connectivity index (χ4n) is 5.18. The summed E-state index contributed by atoms with van der Waals surface area (Å²) in [6.07, 6.45) is -0.544. The van der Waals surface area contributed by atoms with Gasteiger partial charge in [0.2, 0.25) is 0 Å². The number of para-hydroxylation sites is 1. The second-order valence-corrected chi connectivity index (χ2v) is 10.4. The van der Waals surface area contributed by atoms with E-state index in [-0.39, 0.29) is 5.91 Å². The fraction of sp³-hybridized carbons (Fsp3) is 0.125. The van der Waals surface area contributed by atoms with Crippen molar-refractivity contribution in [1.29, 1.82) is 0 Å². The Kier molecular flexibility index (Phi) is 7.26. The molecule has 0 aliphatic carbocycles. The number of carbonyl (C=O) groups excluding carboxylic acids is 1. The minimum absolute atomic E-state index is 0.168. The molecule has 206 valence electrons. The molecule has 4 aromatic carbocycles. The molecule has 4 aromatic rings. The summed E-state index contributed by atoms with van der Waals surface area (Å²) in [7, 11) is 3.25. The third kappa shape index (κ3) is 4.96. The summed E-state index contributed by atoms with van der Waals surface area (Å²) in [6, 6.07) is 31.8. The van der Waals surface area contributed by atoms with Crippen molar-refractivity contribution in [3.63, 3.8) is 0 Å². The van der Waals surface area contributed by atoms with E-state index in [9.17, 15) is 4.79 Å². The van der Waals surface area contributed by atoms with E-state index in [1.54, 1.807) is 31.3 Å². The van der Waals surface area contributed by atoms with Crippen LogP contribution in [0.4, 0.5) is 11.4 Å². The van der Waals surface area contributed by atoms with Crippen molar-refractivity contribution in [2.45, 2.75) is 12.2 Å². The zero-order valence-corrected chi connectivity index (χ0v) is 23.9. The second kappa shape index (κ2) is 11.2. The Bertz CT molecular complexity index is 1610. The van der Waals surface area contributed by atoms with E-state index in [0.717, 1.165) is 28.3 Å². The number of nitrogens with zero attached hydrogens (tertiary/aromatic N) is 2. The zero-order chi connectivity index (χ0) is 28.5. The molecule has 2 heterocycles. The van der Waals surface area contributed by atoms with Gasteiger partial charge < -0.3 is 20.1 Å². The van der Waals surface area contributed by atoms with Gasteiger partial charge in [0, 0.05) is 16.4 Å². The standard InChI is InChI=1S/C32H27ClN4O3S/c1-39-25-16-8-20(9-17-25)28-27-30(37(32(41)34-28)23-6-4-3-5-7-23)35-29(21-10-18-26(40-2)19-11-21)36(31(27)38)24-14-12-22(33)13-15-24/h3-19,28-29,35H,1-2H3,(H,34,41). The van der Waals surface area contributed by atoms with Crippen LogP contribution in [0.2, 0.25) is 5.02 Å². The molecular weight excluding hydrogens is 556 g/mol. The molecule has 2 N–H and O–H groups in total. The van der Waals surface area contributed by atoms with Gasteiger partial charge in [-0.1, -0.05) is 54.1 Å². The highest BCUT2D eigenvalue weighted by molar-refractivity contribution is 7.80. The number of amides is 1. The molecule has 6 rings (SSSR count). The van der Waals surface area contributed by atoms with Gasteiger partial charge in [0.25, 0.3) is 5.91 Å². The molecule has 0 fully saturated rings. The van der Waals surface area contributed by atoms with Crippen LogP contribution in [0.3, 0.4) is 0 Å². The van der Waals surface area contributed by atoms with Gasteiger partial charge in [0.15, 0.2) is 5.11 Å². The number of thiocarbonyl (C=S) groups is 1. The zero-order valence-electron chi connectivity index (χ0n) is 22.4. The summed E-state index contributed by atoms with van der Waals surface area (Å²) < 4.78 is 10.8. The topological polar surface area (TPSA) is 66.1 Å². The molecule has 7 nitrogen and oxygen atoms in total. The van der Waals surface area contributed by atoms with Crippen LogP contribution >= 0.6 is 23.8 Å². The number of carbonyl (C=O) groups is 1. The Labute approximate surface area is 248 Å². The first-order valence-electron chi connectivity index (χ1n) is 13.0. The number of hydrogen-bond donors (Lipinski definition) is 2. The van der Waals surface area contributed by atoms with Crippen molar-refractivity contribution in [3.8, 4) is 11.5 Å². The predicted molar refractivity (Wildman–Crippen MR) is 165 cm³/mol. The molecule has 2 aliphatic rings.